The van der Waals surface area contributed by atoms with Crippen molar-refractivity contribution in [2.24, 2.45) is 5.92 Å². The van der Waals surface area contributed by atoms with E-state index < -0.39 is 0 Å². The van der Waals surface area contributed by atoms with Crippen molar-refractivity contribution < 1.29 is 0 Å². The summed E-state index contributed by atoms with van der Waals surface area (Å²) in [5.74, 6) is 0.974. The molecule has 1 unspecified atom stereocenters. The lowest BCUT2D eigenvalue weighted by molar-refractivity contribution is 0.338. The van der Waals surface area contributed by atoms with Crippen LogP contribution in [0, 0.1) is 5.92 Å². The quantitative estimate of drug-likeness (QED) is 0.687. The van der Waals surface area contributed by atoms with Gasteiger partial charge >= 0.3 is 0 Å². The highest BCUT2D eigenvalue weighted by molar-refractivity contribution is 4.68. The molecular formula is C10H22N2. The van der Waals surface area contributed by atoms with Gasteiger partial charge in [0.1, 0.15) is 0 Å². The summed E-state index contributed by atoms with van der Waals surface area (Å²) in [5.41, 5.74) is 0. The largest absolute Gasteiger partial charge is 0.320 e. The second kappa shape index (κ2) is 5.55. The van der Waals surface area contributed by atoms with Gasteiger partial charge in [-0.25, -0.2) is 0 Å². The van der Waals surface area contributed by atoms with E-state index in [1.54, 1.807) is 0 Å². The SMILES string of the molecule is CNCCC1CCCN(C)CC1. The molecule has 1 saturated heterocycles. The predicted octanol–water partition coefficient (Wildman–Crippen LogP) is 1.33. The smallest absolute Gasteiger partial charge is 0.00191 e. The van der Waals surface area contributed by atoms with Crippen molar-refractivity contribution in [3.8, 4) is 0 Å². The van der Waals surface area contributed by atoms with Gasteiger partial charge in [0, 0.05) is 0 Å². The van der Waals surface area contributed by atoms with Gasteiger partial charge in [0.2, 0.25) is 0 Å². The maximum Gasteiger partial charge on any atom is -0.00191 e. The number of nitrogens with one attached hydrogen (secondary N) is 1. The van der Waals surface area contributed by atoms with Crippen LogP contribution < -0.4 is 5.32 Å². The fourth-order valence-electron chi connectivity index (χ4n) is 1.95. The van der Waals surface area contributed by atoms with Crippen molar-refractivity contribution >= 4 is 0 Å². The average Bonchev–Trinajstić information content (AvgIpc) is 2.27. The summed E-state index contributed by atoms with van der Waals surface area (Å²) in [6.45, 7) is 3.79. The van der Waals surface area contributed by atoms with Crippen LogP contribution in [0.5, 0.6) is 0 Å². The number of likely N-dealkylation sites (tertiary alicyclic amines) is 1. The van der Waals surface area contributed by atoms with Crippen molar-refractivity contribution in [1.82, 2.24) is 10.2 Å². The summed E-state index contributed by atoms with van der Waals surface area (Å²) in [6, 6.07) is 0. The van der Waals surface area contributed by atoms with Gasteiger partial charge in [0.15, 0.2) is 0 Å². The molecule has 72 valence electrons. The first-order chi connectivity index (χ1) is 5.83. The van der Waals surface area contributed by atoms with Crippen LogP contribution in [-0.2, 0) is 0 Å². The lowest BCUT2D eigenvalue weighted by Crippen LogP contribution is -2.19. The molecule has 0 bridgehead atoms. The molecule has 0 saturated carbocycles. The molecule has 0 aliphatic carbocycles. The molecule has 12 heavy (non-hydrogen) atoms. The lowest BCUT2D eigenvalue weighted by Gasteiger charge is -2.14. The van der Waals surface area contributed by atoms with E-state index in [2.05, 4.69) is 17.3 Å². The first-order valence-corrected chi connectivity index (χ1v) is 5.16. The normalized spacial score (nSPS) is 27.0. The zero-order chi connectivity index (χ0) is 8.81. The van der Waals surface area contributed by atoms with E-state index in [0.29, 0.717) is 0 Å². The first kappa shape index (κ1) is 10.0. The predicted molar refractivity (Wildman–Crippen MR) is 53.4 cm³/mol. The third kappa shape index (κ3) is 3.55. The van der Waals surface area contributed by atoms with Crippen LogP contribution >= 0.6 is 0 Å². The van der Waals surface area contributed by atoms with Crippen LogP contribution in [0.2, 0.25) is 0 Å². The molecule has 1 fully saturated rings. The highest BCUT2D eigenvalue weighted by Crippen LogP contribution is 2.19. The summed E-state index contributed by atoms with van der Waals surface area (Å²) in [6.07, 6.45) is 5.60. The summed E-state index contributed by atoms with van der Waals surface area (Å²) < 4.78 is 0. The van der Waals surface area contributed by atoms with E-state index in [0.717, 1.165) is 5.92 Å². The molecule has 0 amide bonds. The van der Waals surface area contributed by atoms with E-state index >= 15 is 0 Å². The van der Waals surface area contributed by atoms with Crippen molar-refractivity contribution in [2.45, 2.75) is 25.7 Å². The highest BCUT2D eigenvalue weighted by Gasteiger charge is 2.13. The molecule has 0 spiro atoms. The molecule has 1 aliphatic heterocycles. The van der Waals surface area contributed by atoms with Crippen LogP contribution in [0.3, 0.4) is 0 Å². The Balaban J connectivity index is 2.17. The van der Waals surface area contributed by atoms with E-state index in [1.807, 2.05) is 7.05 Å². The topological polar surface area (TPSA) is 15.3 Å². The molecule has 1 atom stereocenters. The minimum absolute atomic E-state index is 0.974. The van der Waals surface area contributed by atoms with Crippen LogP contribution in [-0.4, -0.2) is 38.6 Å². The Morgan fingerprint density at radius 2 is 2.17 bits per heavy atom. The second-order valence-corrected chi connectivity index (χ2v) is 3.99. The number of rotatable bonds is 3. The number of nitrogens with zero attached hydrogens (tertiary/aromatic N) is 1. The van der Waals surface area contributed by atoms with E-state index in [4.69, 9.17) is 0 Å². The molecule has 1 aliphatic rings. The van der Waals surface area contributed by atoms with Crippen LogP contribution in [0.15, 0.2) is 0 Å². The molecule has 0 aromatic rings. The van der Waals surface area contributed by atoms with Crippen molar-refractivity contribution in [1.29, 1.82) is 0 Å². The van der Waals surface area contributed by atoms with Gasteiger partial charge in [-0.2, -0.15) is 0 Å². The summed E-state index contributed by atoms with van der Waals surface area (Å²) in [5, 5.41) is 3.23. The van der Waals surface area contributed by atoms with Gasteiger partial charge in [0.25, 0.3) is 0 Å². The van der Waals surface area contributed by atoms with Gasteiger partial charge in [-0.05, 0) is 65.3 Å². The third-order valence-electron chi connectivity index (χ3n) is 2.87. The Hall–Kier alpha value is -0.0800. The second-order valence-electron chi connectivity index (χ2n) is 3.99. The Morgan fingerprint density at radius 1 is 1.33 bits per heavy atom. The number of hydrogen-bond acceptors (Lipinski definition) is 2. The Bertz CT molecular complexity index is 112. The van der Waals surface area contributed by atoms with Crippen LogP contribution in [0.1, 0.15) is 25.7 Å². The van der Waals surface area contributed by atoms with Gasteiger partial charge < -0.3 is 10.2 Å². The third-order valence-corrected chi connectivity index (χ3v) is 2.87. The molecule has 1 heterocycles. The van der Waals surface area contributed by atoms with E-state index in [-0.39, 0.29) is 0 Å². The van der Waals surface area contributed by atoms with Crippen molar-refractivity contribution in [2.75, 3.05) is 33.7 Å². The fraction of sp³-hybridized carbons (Fsp3) is 1.00. The zero-order valence-electron chi connectivity index (χ0n) is 8.47. The minimum atomic E-state index is 0.974. The molecular weight excluding hydrogens is 148 g/mol. The van der Waals surface area contributed by atoms with Crippen molar-refractivity contribution in [3.63, 3.8) is 0 Å². The van der Waals surface area contributed by atoms with Gasteiger partial charge in [-0.1, -0.05) is 0 Å². The summed E-state index contributed by atoms with van der Waals surface area (Å²) in [7, 11) is 4.28. The molecule has 0 aromatic carbocycles. The molecule has 2 heteroatoms. The molecule has 0 radical (unpaired) electrons. The molecule has 1 N–H and O–H groups in total. The average molecular weight is 170 g/mol. The maximum absolute atomic E-state index is 3.23. The van der Waals surface area contributed by atoms with Gasteiger partial charge in [0.05, 0.1) is 0 Å². The van der Waals surface area contributed by atoms with Crippen molar-refractivity contribution in [3.05, 3.63) is 0 Å². The monoisotopic (exact) mass is 170 g/mol. The Labute approximate surface area is 76.3 Å². The summed E-state index contributed by atoms with van der Waals surface area (Å²) >= 11 is 0. The number of hydrogen-bond donors (Lipinski definition) is 1. The maximum atomic E-state index is 3.23. The van der Waals surface area contributed by atoms with Crippen LogP contribution in [0.4, 0.5) is 0 Å². The Kier molecular flexibility index (Phi) is 4.62. The standard InChI is InChI=1S/C10H22N2/c1-11-7-5-10-4-3-8-12(2)9-6-10/h10-11H,3-9H2,1-2H3. The van der Waals surface area contributed by atoms with Gasteiger partial charge in [-0.15, -0.1) is 0 Å². The molecule has 1 rings (SSSR count). The van der Waals surface area contributed by atoms with E-state index in [1.165, 1.54) is 45.3 Å². The van der Waals surface area contributed by atoms with E-state index in [9.17, 15) is 0 Å². The first-order valence-electron chi connectivity index (χ1n) is 5.16. The van der Waals surface area contributed by atoms with Gasteiger partial charge in [-0.3, -0.25) is 0 Å². The lowest BCUT2D eigenvalue weighted by atomic mass is 9.97. The minimum Gasteiger partial charge on any atom is -0.320 e. The fourth-order valence-corrected chi connectivity index (χ4v) is 1.95. The van der Waals surface area contributed by atoms with Crippen LogP contribution in [0.25, 0.3) is 0 Å². The molecule has 0 aromatic heterocycles. The zero-order valence-corrected chi connectivity index (χ0v) is 8.47. The summed E-state index contributed by atoms with van der Waals surface area (Å²) in [4.78, 5) is 2.46. The highest BCUT2D eigenvalue weighted by atomic mass is 15.1. The molecule has 2 nitrogen and oxygen atoms in total. The Morgan fingerprint density at radius 3 is 2.92 bits per heavy atom.